The number of carbonyl (C=O) groups is 2. The van der Waals surface area contributed by atoms with Gasteiger partial charge in [-0.25, -0.2) is 8.78 Å². The second kappa shape index (κ2) is 32.5. The molecule has 2 aromatic heterocycles. The SMILES string of the molecule is CCN(CC)CCN(Cc1ccc(-c2ccc(C(F)(F)F)cc2)cc1)C(=O)Cn1c(SCc2ccc(F)cc2)nc(=O)c2c1CCC2.CCN(CC)CCN(Cc1ccc(-c2ccc(C(F)(F)F)cc2)cc1)C(=O)Cn1c(SCc2ccc(F)cc2)nc(=O)c2c1CCC2. The average molecular weight is 1330 g/mol. The zero-order valence-electron chi connectivity index (χ0n) is 53.0. The van der Waals surface area contributed by atoms with Crippen molar-refractivity contribution in [1.82, 2.24) is 38.7 Å². The number of hydrogen-bond acceptors (Lipinski definition) is 10. The summed E-state index contributed by atoms with van der Waals surface area (Å²) in [5, 5.41) is 0.941. The molecule has 0 radical (unpaired) electrons. The zero-order chi connectivity index (χ0) is 67.1. The van der Waals surface area contributed by atoms with Gasteiger partial charge in [-0.15, -0.1) is 0 Å². The fourth-order valence-corrected chi connectivity index (χ4v) is 13.5. The number of amides is 2. The number of rotatable bonds is 26. The number of fused-ring (bicyclic) bond motifs is 2. The molecule has 2 heterocycles. The predicted molar refractivity (Wildman–Crippen MR) is 353 cm³/mol. The topological polar surface area (TPSA) is 117 Å². The molecule has 2 aliphatic rings. The molecule has 0 bridgehead atoms. The van der Waals surface area contributed by atoms with E-state index in [2.05, 4.69) is 47.5 Å². The van der Waals surface area contributed by atoms with E-state index in [9.17, 15) is 54.3 Å². The number of benzene rings is 6. The minimum absolute atomic E-state index is 0.0310. The van der Waals surface area contributed by atoms with Crippen LogP contribution in [0.2, 0.25) is 0 Å². The van der Waals surface area contributed by atoms with Crippen molar-refractivity contribution in [2.75, 3.05) is 52.4 Å². The Balaban J connectivity index is 0.000000221. The number of thioether (sulfide) groups is 2. The van der Waals surface area contributed by atoms with Gasteiger partial charge in [-0.1, -0.05) is 148 Å². The van der Waals surface area contributed by atoms with E-state index in [4.69, 9.17) is 0 Å². The number of nitrogens with zero attached hydrogens (tertiary/aromatic N) is 8. The summed E-state index contributed by atoms with van der Waals surface area (Å²) >= 11 is 2.72. The van der Waals surface area contributed by atoms with Gasteiger partial charge in [0.1, 0.15) is 24.7 Å². The summed E-state index contributed by atoms with van der Waals surface area (Å²) in [6.07, 6.45) is -4.49. The van der Waals surface area contributed by atoms with Crippen molar-refractivity contribution in [2.24, 2.45) is 0 Å². The standard InChI is InChI=1S/2C36H38F4N4O2S/c2*1-3-42(4-2)20-21-43(22-25-8-12-27(13-9-25)28-14-16-29(17-15-28)36(38,39)40)33(45)23-44-32-7-5-6-31(32)34(46)41-35(44)47-24-26-10-18-30(37)19-11-26/h2*8-19H,3-7,20-24H2,1-2H3. The first-order chi connectivity index (χ1) is 45.1. The van der Waals surface area contributed by atoms with Gasteiger partial charge in [0.2, 0.25) is 11.8 Å². The van der Waals surface area contributed by atoms with Crippen LogP contribution in [0.3, 0.4) is 0 Å². The minimum atomic E-state index is -4.39. The molecule has 10 rings (SSSR count). The highest BCUT2D eigenvalue weighted by molar-refractivity contribution is 7.98. The molecule has 22 heteroatoms. The van der Waals surface area contributed by atoms with Gasteiger partial charge in [-0.3, -0.25) is 19.2 Å². The molecule has 0 spiro atoms. The highest BCUT2D eigenvalue weighted by atomic mass is 32.2. The van der Waals surface area contributed by atoms with Crippen LogP contribution in [0.15, 0.2) is 165 Å². The lowest BCUT2D eigenvalue weighted by atomic mass is 10.0. The monoisotopic (exact) mass is 1330 g/mol. The molecule has 0 aliphatic heterocycles. The quantitative estimate of drug-likeness (QED) is 0.0295. The Hall–Kier alpha value is -7.92. The van der Waals surface area contributed by atoms with Crippen LogP contribution in [0.5, 0.6) is 0 Å². The van der Waals surface area contributed by atoms with E-state index in [0.717, 1.165) is 108 Å². The van der Waals surface area contributed by atoms with Crippen LogP contribution in [0.1, 0.15) is 96.4 Å². The van der Waals surface area contributed by atoms with Crippen LogP contribution in [0, 0.1) is 11.6 Å². The molecule has 0 N–H and O–H groups in total. The van der Waals surface area contributed by atoms with Crippen LogP contribution < -0.4 is 11.1 Å². The Labute approximate surface area is 551 Å². The summed E-state index contributed by atoms with van der Waals surface area (Å²) < 4.78 is 109. The Morgan fingerprint density at radius 2 is 0.745 bits per heavy atom. The van der Waals surface area contributed by atoms with Crippen molar-refractivity contribution >= 4 is 35.3 Å². The Morgan fingerprint density at radius 3 is 1.05 bits per heavy atom. The largest absolute Gasteiger partial charge is 0.416 e. The number of likely N-dealkylation sites (N-methyl/N-ethyl adjacent to an activating group) is 2. The molecular formula is C72H76F8N8O4S2. The molecule has 12 nitrogen and oxygen atoms in total. The van der Waals surface area contributed by atoms with Crippen LogP contribution in [-0.2, 0) is 85.3 Å². The zero-order valence-corrected chi connectivity index (χ0v) is 54.7. The first-order valence-corrected chi connectivity index (χ1v) is 33.6. The fourth-order valence-electron chi connectivity index (χ4n) is 11.6. The number of aromatic nitrogens is 4. The molecule has 94 heavy (non-hydrogen) atoms. The fraction of sp³-hybridized carbons (Fsp3) is 0.361. The van der Waals surface area contributed by atoms with Crippen molar-refractivity contribution in [2.45, 2.75) is 127 Å². The molecule has 0 unspecified atom stereocenters. The van der Waals surface area contributed by atoms with Crippen molar-refractivity contribution in [3.05, 3.63) is 234 Å². The number of alkyl halides is 6. The maximum atomic E-state index is 14.1. The van der Waals surface area contributed by atoms with Gasteiger partial charge in [0.15, 0.2) is 10.3 Å². The third kappa shape index (κ3) is 18.7. The van der Waals surface area contributed by atoms with E-state index in [1.165, 1.54) is 72.1 Å². The third-order valence-electron chi connectivity index (χ3n) is 17.2. The van der Waals surface area contributed by atoms with Gasteiger partial charge in [-0.2, -0.15) is 36.3 Å². The lowest BCUT2D eigenvalue weighted by Gasteiger charge is -2.28. The van der Waals surface area contributed by atoms with E-state index in [0.29, 0.717) is 109 Å². The Morgan fingerprint density at radius 1 is 0.436 bits per heavy atom. The summed E-state index contributed by atoms with van der Waals surface area (Å²) in [6, 6.07) is 37.5. The summed E-state index contributed by atoms with van der Waals surface area (Å²) in [5.74, 6) is 0.0824. The highest BCUT2D eigenvalue weighted by Gasteiger charge is 2.32. The first kappa shape index (κ1) is 70.4. The minimum Gasteiger partial charge on any atom is -0.336 e. The maximum Gasteiger partial charge on any atom is 0.416 e. The van der Waals surface area contributed by atoms with Crippen molar-refractivity contribution < 1.29 is 44.7 Å². The molecule has 0 saturated heterocycles. The molecule has 0 fully saturated rings. The van der Waals surface area contributed by atoms with E-state index in [1.54, 1.807) is 24.3 Å². The summed E-state index contributed by atoms with van der Waals surface area (Å²) in [7, 11) is 0. The van der Waals surface area contributed by atoms with Gasteiger partial charge < -0.3 is 28.7 Å². The molecule has 2 amide bonds. The van der Waals surface area contributed by atoms with E-state index >= 15 is 0 Å². The molecule has 2 aliphatic carbocycles. The molecule has 0 atom stereocenters. The summed E-state index contributed by atoms with van der Waals surface area (Å²) in [6.45, 7) is 14.8. The maximum absolute atomic E-state index is 14.1. The van der Waals surface area contributed by atoms with Crippen LogP contribution in [0.25, 0.3) is 22.3 Å². The summed E-state index contributed by atoms with van der Waals surface area (Å²) in [4.78, 5) is 70.9. The lowest BCUT2D eigenvalue weighted by Crippen LogP contribution is -2.40. The third-order valence-corrected chi connectivity index (χ3v) is 19.3. The second-order valence-electron chi connectivity index (χ2n) is 23.2. The van der Waals surface area contributed by atoms with Crippen molar-refractivity contribution in [3.8, 4) is 22.3 Å². The molecule has 496 valence electrons. The normalized spacial score (nSPS) is 12.8. The molecule has 0 saturated carbocycles. The predicted octanol–water partition coefficient (Wildman–Crippen LogP) is 14.4. The second-order valence-corrected chi connectivity index (χ2v) is 25.1. The average Bonchev–Trinajstić information content (AvgIpc) is 1.59. The van der Waals surface area contributed by atoms with Gasteiger partial charge in [-0.05, 0) is 158 Å². The number of hydrogen-bond donors (Lipinski definition) is 0. The van der Waals surface area contributed by atoms with Gasteiger partial charge in [0, 0.05) is 73.3 Å². The van der Waals surface area contributed by atoms with Crippen LogP contribution >= 0.6 is 23.5 Å². The lowest BCUT2D eigenvalue weighted by molar-refractivity contribution is -0.138. The van der Waals surface area contributed by atoms with Crippen LogP contribution in [-0.4, -0.2) is 103 Å². The van der Waals surface area contributed by atoms with Crippen LogP contribution in [0.4, 0.5) is 35.1 Å². The van der Waals surface area contributed by atoms with Gasteiger partial charge in [0.25, 0.3) is 11.1 Å². The first-order valence-electron chi connectivity index (χ1n) is 31.6. The number of halogens is 8. The summed E-state index contributed by atoms with van der Waals surface area (Å²) in [5.41, 5.74) is 7.57. The van der Waals surface area contributed by atoms with Gasteiger partial charge >= 0.3 is 12.4 Å². The van der Waals surface area contributed by atoms with Crippen molar-refractivity contribution in [3.63, 3.8) is 0 Å². The number of carbonyl (C=O) groups excluding carboxylic acids is 2. The highest BCUT2D eigenvalue weighted by Crippen LogP contribution is 2.34. The molecule has 8 aromatic rings. The van der Waals surface area contributed by atoms with E-state index in [-0.39, 0.29) is 47.7 Å². The molecular weight excluding hydrogens is 1260 g/mol. The smallest absolute Gasteiger partial charge is 0.336 e. The Kier molecular flexibility index (Phi) is 24.3. The molecule has 6 aromatic carbocycles. The van der Waals surface area contributed by atoms with E-state index < -0.39 is 23.5 Å². The Bertz CT molecular complexity index is 3700. The van der Waals surface area contributed by atoms with Gasteiger partial charge in [0.05, 0.1) is 11.1 Å². The van der Waals surface area contributed by atoms with E-state index in [1.807, 2.05) is 67.5 Å². The van der Waals surface area contributed by atoms with Crippen molar-refractivity contribution in [1.29, 1.82) is 0 Å².